The van der Waals surface area contributed by atoms with E-state index in [1.54, 1.807) is 31.4 Å². The van der Waals surface area contributed by atoms with Crippen LogP contribution in [0.25, 0.3) is 5.65 Å². The fourth-order valence-electron chi connectivity index (χ4n) is 2.40. The summed E-state index contributed by atoms with van der Waals surface area (Å²) < 4.78 is 44.8. The Balaban J connectivity index is 1.67. The summed E-state index contributed by atoms with van der Waals surface area (Å²) in [6, 6.07) is 9.19. The van der Waals surface area contributed by atoms with Crippen molar-refractivity contribution in [3.8, 4) is 5.75 Å². The minimum atomic E-state index is -4.46. The van der Waals surface area contributed by atoms with E-state index in [0.29, 0.717) is 5.75 Å². The molecule has 0 atom stereocenters. The number of rotatable bonds is 5. The number of nitrogens with zero attached hydrogens (tertiary/aromatic N) is 3. The minimum Gasteiger partial charge on any atom is -0.497 e. The second kappa shape index (κ2) is 7.03. The maximum Gasteiger partial charge on any atom is 0.417 e. The van der Waals surface area contributed by atoms with Gasteiger partial charge in [-0.05, 0) is 29.8 Å². The van der Waals surface area contributed by atoms with E-state index >= 15 is 0 Å². The van der Waals surface area contributed by atoms with E-state index in [9.17, 15) is 18.0 Å². The van der Waals surface area contributed by atoms with Gasteiger partial charge in [0.2, 0.25) is 5.91 Å². The summed E-state index contributed by atoms with van der Waals surface area (Å²) in [7, 11) is 1.55. The number of nitrogens with one attached hydrogen (secondary N) is 1. The topological polar surface area (TPSA) is 68.5 Å². The number of ether oxygens (including phenoxy) is 1. The number of carbonyl (C=O) groups is 1. The molecule has 136 valence electrons. The molecular weight excluding hydrogens is 349 g/mol. The smallest absolute Gasteiger partial charge is 0.417 e. The first-order valence-electron chi connectivity index (χ1n) is 7.67. The monoisotopic (exact) mass is 364 g/mol. The molecule has 0 aliphatic rings. The highest BCUT2D eigenvalue weighted by Crippen LogP contribution is 2.29. The average molecular weight is 364 g/mol. The lowest BCUT2D eigenvalue weighted by Crippen LogP contribution is -2.25. The third-order valence-corrected chi connectivity index (χ3v) is 3.77. The van der Waals surface area contributed by atoms with Crippen LogP contribution in [0.3, 0.4) is 0 Å². The Bertz CT molecular complexity index is 920. The van der Waals surface area contributed by atoms with Gasteiger partial charge in [-0.25, -0.2) is 0 Å². The van der Waals surface area contributed by atoms with E-state index in [4.69, 9.17) is 4.74 Å². The van der Waals surface area contributed by atoms with Gasteiger partial charge in [-0.15, -0.1) is 10.2 Å². The van der Waals surface area contributed by atoms with Gasteiger partial charge >= 0.3 is 6.18 Å². The van der Waals surface area contributed by atoms with Crippen molar-refractivity contribution in [2.45, 2.75) is 19.1 Å². The second-order valence-corrected chi connectivity index (χ2v) is 5.56. The molecule has 0 saturated carbocycles. The van der Waals surface area contributed by atoms with Crippen LogP contribution in [-0.4, -0.2) is 27.6 Å². The fraction of sp³-hybridized carbons (Fsp3) is 0.235. The molecule has 6 nitrogen and oxygen atoms in total. The maximum atomic E-state index is 12.8. The molecule has 1 aromatic carbocycles. The van der Waals surface area contributed by atoms with Crippen LogP contribution in [0, 0.1) is 0 Å². The molecule has 1 N–H and O–H groups in total. The number of fused-ring (bicyclic) bond motifs is 1. The maximum absolute atomic E-state index is 12.8. The highest BCUT2D eigenvalue weighted by Gasteiger charge is 2.31. The van der Waals surface area contributed by atoms with Crippen molar-refractivity contribution < 1.29 is 22.7 Å². The number of hydrogen-bond acceptors (Lipinski definition) is 4. The van der Waals surface area contributed by atoms with E-state index in [-0.39, 0.29) is 30.3 Å². The lowest BCUT2D eigenvalue weighted by molar-refractivity contribution is -0.137. The van der Waals surface area contributed by atoms with Gasteiger partial charge in [0.25, 0.3) is 0 Å². The Hall–Kier alpha value is -3.10. The number of amides is 1. The third kappa shape index (κ3) is 3.93. The van der Waals surface area contributed by atoms with Crippen LogP contribution in [0.5, 0.6) is 5.75 Å². The van der Waals surface area contributed by atoms with Gasteiger partial charge in [0, 0.05) is 6.20 Å². The first kappa shape index (κ1) is 17.7. The standard InChI is InChI=1S/C17H15F3N4O2/c1-26-13-5-2-11(3-6-13)8-16(25)21-9-15-23-22-14-7-4-12(10-24(14)15)17(18,19)20/h2-7,10H,8-9H2,1H3,(H,21,25). The predicted octanol–water partition coefficient (Wildman–Crippen LogP) is 2.62. The van der Waals surface area contributed by atoms with E-state index in [1.807, 2.05) is 0 Å². The second-order valence-electron chi connectivity index (χ2n) is 5.56. The summed E-state index contributed by atoms with van der Waals surface area (Å²) in [4.78, 5) is 12.0. The number of carbonyl (C=O) groups excluding carboxylic acids is 1. The summed E-state index contributed by atoms with van der Waals surface area (Å²) in [6.45, 7) is -0.0303. The van der Waals surface area contributed by atoms with Crippen LogP contribution < -0.4 is 10.1 Å². The van der Waals surface area contributed by atoms with Gasteiger partial charge < -0.3 is 10.1 Å². The molecule has 0 aliphatic carbocycles. The lowest BCUT2D eigenvalue weighted by atomic mass is 10.1. The molecule has 0 aliphatic heterocycles. The van der Waals surface area contributed by atoms with Gasteiger partial charge in [-0.3, -0.25) is 9.20 Å². The SMILES string of the molecule is COc1ccc(CC(=O)NCc2nnc3ccc(C(F)(F)F)cn23)cc1. The predicted molar refractivity (Wildman–Crippen MR) is 86.5 cm³/mol. The fourth-order valence-corrected chi connectivity index (χ4v) is 2.40. The number of pyridine rings is 1. The first-order valence-corrected chi connectivity index (χ1v) is 7.67. The van der Waals surface area contributed by atoms with Crippen molar-refractivity contribution in [3.63, 3.8) is 0 Å². The van der Waals surface area contributed by atoms with Crippen LogP contribution in [0.2, 0.25) is 0 Å². The Morgan fingerprint density at radius 1 is 1.15 bits per heavy atom. The van der Waals surface area contributed by atoms with E-state index in [2.05, 4.69) is 15.5 Å². The molecule has 1 amide bonds. The van der Waals surface area contributed by atoms with Crippen molar-refractivity contribution >= 4 is 11.6 Å². The first-order chi connectivity index (χ1) is 12.4. The number of benzene rings is 1. The van der Waals surface area contributed by atoms with E-state index in [0.717, 1.165) is 17.8 Å². The molecule has 0 fully saturated rings. The zero-order valence-electron chi connectivity index (χ0n) is 13.7. The molecule has 0 unspecified atom stereocenters. The van der Waals surface area contributed by atoms with Crippen molar-refractivity contribution in [2.75, 3.05) is 7.11 Å². The summed E-state index contributed by atoms with van der Waals surface area (Å²) in [5.41, 5.74) is 0.252. The van der Waals surface area contributed by atoms with Crippen molar-refractivity contribution in [3.05, 3.63) is 59.5 Å². The molecule has 0 bridgehead atoms. The van der Waals surface area contributed by atoms with E-state index in [1.165, 1.54) is 10.5 Å². The average Bonchev–Trinajstić information content (AvgIpc) is 3.02. The summed E-state index contributed by atoms with van der Waals surface area (Å²) in [5.74, 6) is 0.623. The Kier molecular flexibility index (Phi) is 4.79. The summed E-state index contributed by atoms with van der Waals surface area (Å²) in [6.07, 6.45) is -3.41. The zero-order valence-corrected chi connectivity index (χ0v) is 13.7. The van der Waals surface area contributed by atoms with Gasteiger partial charge in [0.15, 0.2) is 11.5 Å². The lowest BCUT2D eigenvalue weighted by Gasteiger charge is -2.08. The van der Waals surface area contributed by atoms with Crippen molar-refractivity contribution in [1.29, 1.82) is 0 Å². The summed E-state index contributed by atoms with van der Waals surface area (Å²) >= 11 is 0. The Morgan fingerprint density at radius 2 is 1.88 bits per heavy atom. The highest BCUT2D eigenvalue weighted by atomic mass is 19.4. The number of hydrogen-bond donors (Lipinski definition) is 1. The molecule has 9 heteroatoms. The van der Waals surface area contributed by atoms with Gasteiger partial charge in [-0.2, -0.15) is 13.2 Å². The van der Waals surface area contributed by atoms with Crippen LogP contribution in [0.1, 0.15) is 17.0 Å². The molecule has 3 rings (SSSR count). The third-order valence-electron chi connectivity index (χ3n) is 3.77. The van der Waals surface area contributed by atoms with Gasteiger partial charge in [0.05, 0.1) is 25.6 Å². The van der Waals surface area contributed by atoms with Crippen molar-refractivity contribution in [1.82, 2.24) is 19.9 Å². The molecule has 2 heterocycles. The van der Waals surface area contributed by atoms with Gasteiger partial charge in [-0.1, -0.05) is 12.1 Å². The minimum absolute atomic E-state index is 0.0303. The molecule has 3 aromatic rings. The highest BCUT2D eigenvalue weighted by molar-refractivity contribution is 5.78. The normalized spacial score (nSPS) is 11.5. The molecule has 0 spiro atoms. The zero-order chi connectivity index (χ0) is 18.7. The number of alkyl halides is 3. The van der Waals surface area contributed by atoms with Crippen LogP contribution in [0.15, 0.2) is 42.6 Å². The van der Waals surface area contributed by atoms with Crippen LogP contribution in [0.4, 0.5) is 13.2 Å². The number of aromatic nitrogens is 3. The Morgan fingerprint density at radius 3 is 2.54 bits per heavy atom. The molecule has 26 heavy (non-hydrogen) atoms. The number of methoxy groups -OCH3 is 1. The quantitative estimate of drug-likeness (QED) is 0.756. The largest absolute Gasteiger partial charge is 0.497 e. The Labute approximate surface area is 146 Å². The van der Waals surface area contributed by atoms with Crippen LogP contribution >= 0.6 is 0 Å². The van der Waals surface area contributed by atoms with Gasteiger partial charge in [0.1, 0.15) is 5.75 Å². The van der Waals surface area contributed by atoms with Crippen LogP contribution in [-0.2, 0) is 23.9 Å². The summed E-state index contributed by atoms with van der Waals surface area (Å²) in [5, 5.41) is 10.3. The molecule has 2 aromatic heterocycles. The molecule has 0 saturated heterocycles. The number of halogens is 3. The van der Waals surface area contributed by atoms with E-state index < -0.39 is 11.7 Å². The molecule has 0 radical (unpaired) electrons. The molecular formula is C17H15F3N4O2. The van der Waals surface area contributed by atoms with Crippen molar-refractivity contribution in [2.24, 2.45) is 0 Å².